The fourth-order valence-electron chi connectivity index (χ4n) is 5.76. The molecular weight excluding hydrogens is 496 g/mol. The van der Waals surface area contributed by atoms with Crippen molar-refractivity contribution in [3.8, 4) is 0 Å². The highest BCUT2D eigenvalue weighted by atomic mass is 32.2. The SMILES string of the molecule is C[C@H]1C[C@H](C)CN(C(=O)CSc2nc3ccccc3c(=O)n2Cc2ccc(C(=O)NC3CCCC3)cc2)C1. The van der Waals surface area contributed by atoms with E-state index in [-0.39, 0.29) is 29.2 Å². The van der Waals surface area contributed by atoms with Crippen molar-refractivity contribution in [1.82, 2.24) is 19.8 Å². The number of benzene rings is 2. The molecule has 2 atom stereocenters. The third-order valence-electron chi connectivity index (χ3n) is 7.62. The number of hydrogen-bond acceptors (Lipinski definition) is 5. The van der Waals surface area contributed by atoms with Crippen LogP contribution < -0.4 is 10.9 Å². The molecule has 7 nitrogen and oxygen atoms in total. The summed E-state index contributed by atoms with van der Waals surface area (Å²) in [5.74, 6) is 1.26. The first-order valence-corrected chi connectivity index (χ1v) is 14.7. The molecule has 8 heteroatoms. The number of rotatable bonds is 7. The maximum atomic E-state index is 13.5. The van der Waals surface area contributed by atoms with Crippen molar-refractivity contribution in [3.05, 3.63) is 70.0 Å². The Balaban J connectivity index is 1.35. The van der Waals surface area contributed by atoms with Gasteiger partial charge in [0.25, 0.3) is 11.5 Å². The highest BCUT2D eigenvalue weighted by molar-refractivity contribution is 7.99. The van der Waals surface area contributed by atoms with Crippen LogP contribution in [0.15, 0.2) is 58.5 Å². The Hall–Kier alpha value is -3.13. The van der Waals surface area contributed by atoms with Gasteiger partial charge >= 0.3 is 0 Å². The quantitative estimate of drug-likeness (QED) is 0.352. The summed E-state index contributed by atoms with van der Waals surface area (Å²) >= 11 is 1.32. The molecule has 0 spiro atoms. The summed E-state index contributed by atoms with van der Waals surface area (Å²) in [4.78, 5) is 45.9. The van der Waals surface area contributed by atoms with Crippen molar-refractivity contribution < 1.29 is 9.59 Å². The average Bonchev–Trinajstić information content (AvgIpc) is 3.42. The summed E-state index contributed by atoms with van der Waals surface area (Å²) in [6.45, 7) is 6.25. The van der Waals surface area contributed by atoms with Crippen LogP contribution in [0.5, 0.6) is 0 Å². The number of thioether (sulfide) groups is 1. The Labute approximate surface area is 228 Å². The first-order valence-electron chi connectivity index (χ1n) is 13.7. The van der Waals surface area contributed by atoms with Crippen LogP contribution in [0.2, 0.25) is 0 Å². The van der Waals surface area contributed by atoms with Crippen molar-refractivity contribution in [1.29, 1.82) is 0 Å². The number of amides is 2. The molecular formula is C30H36N4O3S. The predicted octanol–water partition coefficient (Wildman–Crippen LogP) is 4.71. The molecule has 2 heterocycles. The van der Waals surface area contributed by atoms with E-state index in [4.69, 9.17) is 4.98 Å². The Kier molecular flexibility index (Phi) is 8.17. The summed E-state index contributed by atoms with van der Waals surface area (Å²) in [6.07, 6.45) is 5.56. The van der Waals surface area contributed by atoms with Crippen LogP contribution in [0.3, 0.4) is 0 Å². The van der Waals surface area contributed by atoms with Crippen LogP contribution in [0, 0.1) is 11.8 Å². The number of nitrogens with zero attached hydrogens (tertiary/aromatic N) is 3. The van der Waals surface area contributed by atoms with Gasteiger partial charge in [-0.2, -0.15) is 0 Å². The maximum Gasteiger partial charge on any atom is 0.262 e. The lowest BCUT2D eigenvalue weighted by molar-refractivity contribution is -0.130. The number of piperidine rings is 1. The normalized spacial score (nSPS) is 20.1. The number of carbonyl (C=O) groups is 2. The Morgan fingerprint density at radius 1 is 1.00 bits per heavy atom. The van der Waals surface area contributed by atoms with Crippen LogP contribution in [-0.4, -0.2) is 51.1 Å². The van der Waals surface area contributed by atoms with Crippen LogP contribution in [0.25, 0.3) is 10.9 Å². The lowest BCUT2D eigenvalue weighted by atomic mass is 9.92. The van der Waals surface area contributed by atoms with E-state index in [0.29, 0.717) is 40.0 Å². The minimum Gasteiger partial charge on any atom is -0.349 e. The molecule has 2 fully saturated rings. The lowest BCUT2D eigenvalue weighted by Gasteiger charge is -2.35. The molecule has 2 aliphatic rings. The first-order chi connectivity index (χ1) is 18.4. The molecule has 0 bridgehead atoms. The molecule has 1 aliphatic heterocycles. The minimum absolute atomic E-state index is 0.0518. The molecule has 0 unspecified atom stereocenters. The van der Waals surface area contributed by atoms with E-state index in [0.717, 1.165) is 37.9 Å². The van der Waals surface area contributed by atoms with Crippen LogP contribution in [0.4, 0.5) is 0 Å². The molecule has 3 aromatic rings. The van der Waals surface area contributed by atoms with E-state index >= 15 is 0 Å². The second kappa shape index (κ2) is 11.7. The number of likely N-dealkylation sites (tertiary alicyclic amines) is 1. The summed E-state index contributed by atoms with van der Waals surface area (Å²) in [5, 5.41) is 4.20. The van der Waals surface area contributed by atoms with Gasteiger partial charge in [0.1, 0.15) is 0 Å². The van der Waals surface area contributed by atoms with E-state index in [1.165, 1.54) is 24.6 Å². The molecule has 5 rings (SSSR count). The van der Waals surface area contributed by atoms with Crippen molar-refractivity contribution in [3.63, 3.8) is 0 Å². The molecule has 1 aliphatic carbocycles. The number of carbonyl (C=O) groups excluding carboxylic acids is 2. The third-order valence-corrected chi connectivity index (χ3v) is 8.58. The van der Waals surface area contributed by atoms with Crippen LogP contribution >= 0.6 is 11.8 Å². The molecule has 200 valence electrons. The largest absolute Gasteiger partial charge is 0.349 e. The van der Waals surface area contributed by atoms with Crippen molar-refractivity contribution in [2.75, 3.05) is 18.8 Å². The Morgan fingerprint density at radius 2 is 1.68 bits per heavy atom. The van der Waals surface area contributed by atoms with Gasteiger partial charge in [-0.25, -0.2) is 4.98 Å². The van der Waals surface area contributed by atoms with E-state index in [1.54, 1.807) is 10.6 Å². The van der Waals surface area contributed by atoms with E-state index in [1.807, 2.05) is 47.4 Å². The monoisotopic (exact) mass is 532 g/mol. The van der Waals surface area contributed by atoms with Crippen molar-refractivity contribution >= 4 is 34.5 Å². The molecule has 38 heavy (non-hydrogen) atoms. The molecule has 1 saturated heterocycles. The smallest absolute Gasteiger partial charge is 0.262 e. The number of aromatic nitrogens is 2. The average molecular weight is 533 g/mol. The van der Waals surface area contributed by atoms with Gasteiger partial charge in [0.2, 0.25) is 5.91 Å². The van der Waals surface area contributed by atoms with Crippen LogP contribution in [-0.2, 0) is 11.3 Å². The number of para-hydroxylation sites is 1. The van der Waals surface area contributed by atoms with Gasteiger partial charge < -0.3 is 10.2 Å². The van der Waals surface area contributed by atoms with E-state index < -0.39 is 0 Å². The fourth-order valence-corrected chi connectivity index (χ4v) is 6.67. The maximum absolute atomic E-state index is 13.5. The lowest BCUT2D eigenvalue weighted by Crippen LogP contribution is -2.43. The van der Waals surface area contributed by atoms with E-state index in [9.17, 15) is 14.4 Å². The Bertz CT molecular complexity index is 1350. The van der Waals surface area contributed by atoms with E-state index in [2.05, 4.69) is 19.2 Å². The fraction of sp³-hybridized carbons (Fsp3) is 0.467. The van der Waals surface area contributed by atoms with Crippen LogP contribution in [0.1, 0.15) is 61.9 Å². The van der Waals surface area contributed by atoms with Gasteiger partial charge in [-0.1, -0.05) is 62.7 Å². The zero-order valence-electron chi connectivity index (χ0n) is 22.2. The van der Waals surface area contributed by atoms with Gasteiger partial charge in [0.05, 0.1) is 23.2 Å². The summed E-state index contributed by atoms with van der Waals surface area (Å²) in [5.41, 5.74) is 2.01. The highest BCUT2D eigenvalue weighted by Gasteiger charge is 2.26. The number of fused-ring (bicyclic) bond motifs is 1. The summed E-state index contributed by atoms with van der Waals surface area (Å²) in [6, 6.07) is 15.0. The molecule has 0 radical (unpaired) electrons. The van der Waals surface area contributed by atoms with Gasteiger partial charge in [-0.15, -0.1) is 0 Å². The zero-order valence-corrected chi connectivity index (χ0v) is 23.0. The molecule has 1 saturated carbocycles. The minimum atomic E-state index is -0.131. The highest BCUT2D eigenvalue weighted by Crippen LogP contribution is 2.24. The van der Waals surface area contributed by atoms with Crippen molar-refractivity contribution in [2.45, 2.75) is 63.7 Å². The summed E-state index contributed by atoms with van der Waals surface area (Å²) < 4.78 is 1.65. The van der Waals surface area contributed by atoms with Gasteiger partial charge in [-0.3, -0.25) is 19.0 Å². The Morgan fingerprint density at radius 3 is 2.39 bits per heavy atom. The topological polar surface area (TPSA) is 84.3 Å². The number of nitrogens with one attached hydrogen (secondary N) is 1. The molecule has 1 N–H and O–H groups in total. The van der Waals surface area contributed by atoms with Gasteiger partial charge in [0, 0.05) is 24.7 Å². The molecule has 2 aromatic carbocycles. The van der Waals surface area contributed by atoms with Gasteiger partial charge in [0.15, 0.2) is 5.16 Å². The second-order valence-corrected chi connectivity index (χ2v) is 11.9. The third kappa shape index (κ3) is 6.12. The zero-order chi connectivity index (χ0) is 26.6. The number of hydrogen-bond donors (Lipinski definition) is 1. The first kappa shape index (κ1) is 26.5. The summed E-state index contributed by atoms with van der Waals surface area (Å²) in [7, 11) is 0. The van der Waals surface area contributed by atoms with Gasteiger partial charge in [-0.05, 0) is 60.9 Å². The predicted molar refractivity (Wildman–Crippen MR) is 152 cm³/mol. The standard InChI is InChI=1S/C30H36N4O3S/c1-20-15-21(2)17-33(16-20)27(35)19-38-30-32-26-10-6-5-9-25(26)29(37)34(30)18-22-11-13-23(14-12-22)28(36)31-24-7-3-4-8-24/h5-6,9-14,20-21,24H,3-4,7-8,15-19H2,1-2H3,(H,31,36)/t20-,21-/m0/s1. The van der Waals surface area contributed by atoms with Crippen molar-refractivity contribution in [2.24, 2.45) is 11.8 Å². The second-order valence-electron chi connectivity index (χ2n) is 11.0. The molecule has 1 aromatic heterocycles. The molecule has 2 amide bonds.